The number of hydrogen-bond acceptors (Lipinski definition) is 4. The van der Waals surface area contributed by atoms with Crippen molar-refractivity contribution < 1.29 is 0 Å². The van der Waals surface area contributed by atoms with Crippen LogP contribution < -0.4 is 5.32 Å². The van der Waals surface area contributed by atoms with Gasteiger partial charge in [-0.15, -0.1) is 0 Å². The average molecular weight is 206 g/mol. The van der Waals surface area contributed by atoms with Gasteiger partial charge in [-0.3, -0.25) is 4.90 Å². The van der Waals surface area contributed by atoms with Crippen molar-refractivity contribution in [2.75, 3.05) is 19.6 Å². The van der Waals surface area contributed by atoms with Gasteiger partial charge in [-0.25, -0.2) is 9.97 Å². The Morgan fingerprint density at radius 2 is 2.40 bits per heavy atom. The Labute approximate surface area is 90.7 Å². The first-order valence-corrected chi connectivity index (χ1v) is 5.38. The molecule has 0 spiro atoms. The van der Waals surface area contributed by atoms with E-state index in [1.165, 1.54) is 0 Å². The zero-order chi connectivity index (χ0) is 10.7. The zero-order valence-electron chi connectivity index (χ0n) is 9.40. The van der Waals surface area contributed by atoms with Crippen LogP contribution in [0.5, 0.6) is 0 Å². The van der Waals surface area contributed by atoms with E-state index in [0.717, 1.165) is 31.9 Å². The highest BCUT2D eigenvalue weighted by molar-refractivity contribution is 4.99. The first kappa shape index (κ1) is 10.5. The van der Waals surface area contributed by atoms with Gasteiger partial charge in [0.25, 0.3) is 0 Å². The molecular weight excluding hydrogens is 188 g/mol. The molecule has 4 nitrogen and oxygen atoms in total. The molecule has 1 aromatic rings. The number of aromatic nitrogens is 2. The van der Waals surface area contributed by atoms with Gasteiger partial charge in [0.15, 0.2) is 0 Å². The molecule has 15 heavy (non-hydrogen) atoms. The molecule has 0 aromatic carbocycles. The van der Waals surface area contributed by atoms with Gasteiger partial charge in [-0.2, -0.15) is 0 Å². The second-order valence-corrected chi connectivity index (χ2v) is 4.72. The van der Waals surface area contributed by atoms with Gasteiger partial charge >= 0.3 is 0 Å². The van der Waals surface area contributed by atoms with Crippen LogP contribution in [0.3, 0.4) is 0 Å². The van der Waals surface area contributed by atoms with Crippen molar-refractivity contribution in [3.63, 3.8) is 0 Å². The summed E-state index contributed by atoms with van der Waals surface area (Å²) in [5.41, 5.74) is 1.31. The third-order valence-corrected chi connectivity index (χ3v) is 2.68. The Hall–Kier alpha value is -1.00. The molecule has 1 aromatic heterocycles. The molecule has 0 unspecified atom stereocenters. The summed E-state index contributed by atoms with van der Waals surface area (Å²) >= 11 is 0. The molecule has 0 radical (unpaired) electrons. The smallest absolute Gasteiger partial charge is 0.115 e. The topological polar surface area (TPSA) is 41.1 Å². The highest BCUT2D eigenvalue weighted by Crippen LogP contribution is 2.12. The maximum Gasteiger partial charge on any atom is 0.115 e. The van der Waals surface area contributed by atoms with Crippen LogP contribution in [0.4, 0.5) is 0 Å². The van der Waals surface area contributed by atoms with Crippen molar-refractivity contribution in [2.45, 2.75) is 25.9 Å². The maximum atomic E-state index is 4.25. The Bertz CT molecular complexity index is 310. The first-order valence-electron chi connectivity index (χ1n) is 5.38. The average Bonchev–Trinajstić information content (AvgIpc) is 2.17. The maximum absolute atomic E-state index is 4.25. The summed E-state index contributed by atoms with van der Waals surface area (Å²) in [5.74, 6) is 0. The number of hydrogen-bond donors (Lipinski definition) is 1. The second-order valence-electron chi connectivity index (χ2n) is 4.72. The van der Waals surface area contributed by atoms with Crippen molar-refractivity contribution in [1.82, 2.24) is 20.2 Å². The van der Waals surface area contributed by atoms with Gasteiger partial charge in [-0.1, -0.05) is 0 Å². The van der Waals surface area contributed by atoms with Crippen LogP contribution in [0.1, 0.15) is 19.5 Å². The van der Waals surface area contributed by atoms with Crippen molar-refractivity contribution in [2.24, 2.45) is 0 Å². The SMILES string of the molecule is CC1(C)CN(Cc2ccncn2)CCN1. The third-order valence-electron chi connectivity index (χ3n) is 2.68. The van der Waals surface area contributed by atoms with E-state index in [2.05, 4.69) is 34.0 Å². The third kappa shape index (κ3) is 2.97. The molecule has 82 valence electrons. The number of nitrogens with one attached hydrogen (secondary N) is 1. The van der Waals surface area contributed by atoms with Crippen LogP contribution in [0, 0.1) is 0 Å². The summed E-state index contributed by atoms with van der Waals surface area (Å²) in [4.78, 5) is 10.6. The lowest BCUT2D eigenvalue weighted by molar-refractivity contribution is 0.147. The summed E-state index contributed by atoms with van der Waals surface area (Å²) in [6, 6.07) is 1.98. The standard InChI is InChI=1S/C11H18N4/c1-11(2)8-15(6-5-14-11)7-10-3-4-12-9-13-10/h3-4,9,14H,5-8H2,1-2H3. The van der Waals surface area contributed by atoms with Crippen LogP contribution in [-0.4, -0.2) is 40.0 Å². The van der Waals surface area contributed by atoms with E-state index in [1.807, 2.05) is 6.07 Å². The molecule has 0 amide bonds. The second kappa shape index (κ2) is 4.24. The van der Waals surface area contributed by atoms with Crippen LogP contribution >= 0.6 is 0 Å². The fourth-order valence-electron chi connectivity index (χ4n) is 2.02. The van der Waals surface area contributed by atoms with Crippen molar-refractivity contribution in [1.29, 1.82) is 0 Å². The largest absolute Gasteiger partial charge is 0.309 e. The summed E-state index contributed by atoms with van der Waals surface area (Å²) in [6.45, 7) is 8.61. The summed E-state index contributed by atoms with van der Waals surface area (Å²) < 4.78 is 0. The molecule has 0 atom stereocenters. The van der Waals surface area contributed by atoms with Crippen molar-refractivity contribution >= 4 is 0 Å². The zero-order valence-corrected chi connectivity index (χ0v) is 9.40. The van der Waals surface area contributed by atoms with Crippen LogP contribution in [0.15, 0.2) is 18.6 Å². The van der Waals surface area contributed by atoms with Crippen LogP contribution in [0.25, 0.3) is 0 Å². The van der Waals surface area contributed by atoms with E-state index in [-0.39, 0.29) is 5.54 Å². The van der Waals surface area contributed by atoms with Crippen molar-refractivity contribution in [3.8, 4) is 0 Å². The summed E-state index contributed by atoms with van der Waals surface area (Å²) in [7, 11) is 0. The Morgan fingerprint density at radius 3 is 3.07 bits per heavy atom. The number of piperazine rings is 1. The van der Waals surface area contributed by atoms with E-state index >= 15 is 0 Å². The minimum atomic E-state index is 0.214. The lowest BCUT2D eigenvalue weighted by atomic mass is 10.0. The van der Waals surface area contributed by atoms with Crippen molar-refractivity contribution in [3.05, 3.63) is 24.3 Å². The van der Waals surface area contributed by atoms with E-state index in [1.54, 1.807) is 12.5 Å². The Kier molecular flexibility index (Phi) is 2.98. The molecule has 2 rings (SSSR count). The highest BCUT2D eigenvalue weighted by Gasteiger charge is 2.25. The molecular formula is C11H18N4. The van der Waals surface area contributed by atoms with Crippen LogP contribution in [-0.2, 0) is 6.54 Å². The molecule has 1 N–H and O–H groups in total. The minimum Gasteiger partial charge on any atom is -0.309 e. The van der Waals surface area contributed by atoms with Gasteiger partial charge < -0.3 is 5.32 Å². The molecule has 0 saturated carbocycles. The Morgan fingerprint density at radius 1 is 1.53 bits per heavy atom. The molecule has 1 aliphatic rings. The van der Waals surface area contributed by atoms with Gasteiger partial charge in [0, 0.05) is 37.9 Å². The minimum absolute atomic E-state index is 0.214. The lowest BCUT2D eigenvalue weighted by Crippen LogP contribution is -2.56. The predicted octanol–water partition coefficient (Wildman–Crippen LogP) is 0.660. The van der Waals surface area contributed by atoms with Crippen LogP contribution in [0.2, 0.25) is 0 Å². The van der Waals surface area contributed by atoms with E-state index in [0.29, 0.717) is 0 Å². The van der Waals surface area contributed by atoms with Gasteiger partial charge in [0.1, 0.15) is 6.33 Å². The van der Waals surface area contributed by atoms with Gasteiger partial charge in [0.05, 0.1) is 5.69 Å². The van der Waals surface area contributed by atoms with E-state index in [4.69, 9.17) is 0 Å². The number of rotatable bonds is 2. The molecule has 1 saturated heterocycles. The normalized spacial score (nSPS) is 21.5. The highest BCUT2D eigenvalue weighted by atomic mass is 15.2. The van der Waals surface area contributed by atoms with E-state index in [9.17, 15) is 0 Å². The van der Waals surface area contributed by atoms with Gasteiger partial charge in [-0.05, 0) is 19.9 Å². The Balaban J connectivity index is 1.95. The molecule has 1 aliphatic heterocycles. The molecule has 2 heterocycles. The number of nitrogens with zero attached hydrogens (tertiary/aromatic N) is 3. The first-order chi connectivity index (χ1) is 7.16. The van der Waals surface area contributed by atoms with Gasteiger partial charge in [0.2, 0.25) is 0 Å². The molecule has 0 aliphatic carbocycles. The fourth-order valence-corrected chi connectivity index (χ4v) is 2.02. The van der Waals surface area contributed by atoms with E-state index < -0.39 is 0 Å². The quantitative estimate of drug-likeness (QED) is 0.772. The lowest BCUT2D eigenvalue weighted by Gasteiger charge is -2.38. The fraction of sp³-hybridized carbons (Fsp3) is 0.636. The summed E-state index contributed by atoms with van der Waals surface area (Å²) in [6.07, 6.45) is 3.42. The monoisotopic (exact) mass is 206 g/mol. The molecule has 1 fully saturated rings. The molecule has 0 bridgehead atoms. The predicted molar refractivity (Wildman–Crippen MR) is 59.4 cm³/mol. The summed E-state index contributed by atoms with van der Waals surface area (Å²) in [5, 5.41) is 3.50. The molecule has 4 heteroatoms.